The summed E-state index contributed by atoms with van der Waals surface area (Å²) in [5.74, 6) is 0.0354. The number of hydrazone groups is 1. The first-order chi connectivity index (χ1) is 7.77. The van der Waals surface area contributed by atoms with Crippen LogP contribution in [0.25, 0.3) is 0 Å². The highest BCUT2D eigenvalue weighted by molar-refractivity contribution is 6.40. The van der Waals surface area contributed by atoms with Crippen LogP contribution in [0.15, 0.2) is 41.7 Å². The number of hydrogen-bond donors (Lipinski definition) is 1. The fourth-order valence-corrected chi connectivity index (χ4v) is 1.14. The maximum Gasteiger partial charge on any atom is 0.183 e. The number of ether oxygens (including phenoxy) is 1. The number of rotatable bonds is 4. The van der Waals surface area contributed by atoms with Gasteiger partial charge in [-0.05, 0) is 19.1 Å². The van der Waals surface area contributed by atoms with Gasteiger partial charge in [-0.15, -0.1) is 0 Å². The minimum Gasteiger partial charge on any atom is -0.374 e. The Morgan fingerprint density at radius 1 is 1.62 bits per heavy atom. The Kier molecular flexibility index (Phi) is 5.22. The Morgan fingerprint density at radius 3 is 3.06 bits per heavy atom. The summed E-state index contributed by atoms with van der Waals surface area (Å²) in [6.45, 7) is 6.33. The molecule has 86 valence electrons. The molecular formula is C12H16N2O2. The topological polar surface area (TPSA) is 50.7 Å². The molecule has 0 aromatic heterocycles. The lowest BCUT2D eigenvalue weighted by Gasteiger charge is -2.12. The van der Waals surface area contributed by atoms with Crippen molar-refractivity contribution in [2.24, 2.45) is 5.10 Å². The Hall–Kier alpha value is -1.68. The van der Waals surface area contributed by atoms with Gasteiger partial charge < -0.3 is 4.74 Å². The summed E-state index contributed by atoms with van der Waals surface area (Å²) in [6.07, 6.45) is 7.63. The number of hydrogen-bond acceptors (Lipinski definition) is 4. The van der Waals surface area contributed by atoms with Crippen molar-refractivity contribution in [2.45, 2.75) is 13.3 Å². The fraction of sp³-hybridized carbons (Fsp3) is 0.333. The minimum atomic E-state index is 0.0354. The average Bonchev–Trinajstić information content (AvgIpc) is 2.31. The van der Waals surface area contributed by atoms with E-state index in [0.717, 1.165) is 5.70 Å². The highest BCUT2D eigenvalue weighted by Gasteiger charge is 2.16. The van der Waals surface area contributed by atoms with Crippen molar-refractivity contribution >= 4 is 11.5 Å². The van der Waals surface area contributed by atoms with Gasteiger partial charge in [0, 0.05) is 6.42 Å². The fourth-order valence-electron chi connectivity index (χ4n) is 1.14. The summed E-state index contributed by atoms with van der Waals surface area (Å²) in [5.41, 5.74) is 3.95. The van der Waals surface area contributed by atoms with Gasteiger partial charge in [-0.3, -0.25) is 10.2 Å². The first-order valence-electron chi connectivity index (χ1n) is 5.17. The van der Waals surface area contributed by atoms with E-state index in [4.69, 9.17) is 4.74 Å². The number of nitrogens with zero attached hydrogens (tertiary/aromatic N) is 1. The minimum absolute atomic E-state index is 0.0354. The van der Waals surface area contributed by atoms with Crippen molar-refractivity contribution in [3.8, 4) is 0 Å². The smallest absolute Gasteiger partial charge is 0.183 e. The number of allylic oxidation sites excluding steroid dienone is 4. The van der Waals surface area contributed by atoms with E-state index in [1.807, 2.05) is 25.2 Å². The molecular weight excluding hydrogens is 204 g/mol. The zero-order valence-electron chi connectivity index (χ0n) is 9.40. The van der Waals surface area contributed by atoms with Gasteiger partial charge >= 0.3 is 0 Å². The molecule has 0 bridgehead atoms. The Bertz CT molecular complexity index is 354. The molecule has 1 rings (SSSR count). The monoisotopic (exact) mass is 220 g/mol. The number of ketones is 1. The van der Waals surface area contributed by atoms with E-state index in [9.17, 15) is 4.79 Å². The van der Waals surface area contributed by atoms with Crippen LogP contribution in [-0.4, -0.2) is 24.7 Å². The molecule has 1 N–H and O–H groups in total. The predicted octanol–water partition coefficient (Wildman–Crippen LogP) is 1.57. The Morgan fingerprint density at radius 2 is 2.44 bits per heavy atom. The van der Waals surface area contributed by atoms with Gasteiger partial charge in [0.2, 0.25) is 0 Å². The number of nitrogens with one attached hydrogen (secondary N) is 1. The van der Waals surface area contributed by atoms with Crippen LogP contribution in [0.5, 0.6) is 0 Å². The zero-order valence-corrected chi connectivity index (χ0v) is 9.40. The van der Waals surface area contributed by atoms with Crippen LogP contribution < -0.4 is 5.43 Å². The molecule has 0 aliphatic carbocycles. The van der Waals surface area contributed by atoms with Crippen molar-refractivity contribution in [1.82, 2.24) is 5.43 Å². The SMILES string of the molecule is C=C/C(=C\C=C/C)N/N=C1\COCCC1=O. The lowest BCUT2D eigenvalue weighted by atomic mass is 10.2. The highest BCUT2D eigenvalue weighted by atomic mass is 16.5. The third-order valence-corrected chi connectivity index (χ3v) is 2.04. The number of carbonyl (C=O) groups excluding carboxylic acids is 1. The normalized spacial score (nSPS) is 20.4. The molecule has 4 heteroatoms. The lowest BCUT2D eigenvalue weighted by Crippen LogP contribution is -2.29. The lowest BCUT2D eigenvalue weighted by molar-refractivity contribution is -0.115. The molecule has 1 saturated heterocycles. The summed E-state index contributed by atoms with van der Waals surface area (Å²) in [4.78, 5) is 11.4. The Balaban J connectivity index is 2.62. The predicted molar refractivity (Wildman–Crippen MR) is 64.1 cm³/mol. The second-order valence-corrected chi connectivity index (χ2v) is 3.25. The van der Waals surface area contributed by atoms with E-state index in [2.05, 4.69) is 17.1 Å². The maximum atomic E-state index is 11.4. The zero-order chi connectivity index (χ0) is 11.8. The molecule has 1 fully saturated rings. The van der Waals surface area contributed by atoms with Crippen LogP contribution in [0, 0.1) is 0 Å². The van der Waals surface area contributed by atoms with Crippen LogP contribution in [0.3, 0.4) is 0 Å². The van der Waals surface area contributed by atoms with Crippen molar-refractivity contribution in [2.75, 3.05) is 13.2 Å². The summed E-state index contributed by atoms with van der Waals surface area (Å²) in [7, 11) is 0. The second kappa shape index (κ2) is 6.74. The van der Waals surface area contributed by atoms with Gasteiger partial charge in [-0.2, -0.15) is 5.10 Å². The van der Waals surface area contributed by atoms with Crippen LogP contribution in [-0.2, 0) is 9.53 Å². The van der Waals surface area contributed by atoms with E-state index in [0.29, 0.717) is 18.7 Å². The summed E-state index contributed by atoms with van der Waals surface area (Å²) < 4.78 is 5.15. The molecule has 4 nitrogen and oxygen atoms in total. The van der Waals surface area contributed by atoms with Crippen LogP contribution in [0.1, 0.15) is 13.3 Å². The van der Waals surface area contributed by atoms with Crippen LogP contribution in [0.2, 0.25) is 0 Å². The molecule has 1 heterocycles. The van der Waals surface area contributed by atoms with E-state index < -0.39 is 0 Å². The third kappa shape index (κ3) is 3.82. The van der Waals surface area contributed by atoms with E-state index in [1.54, 1.807) is 6.08 Å². The van der Waals surface area contributed by atoms with E-state index in [-0.39, 0.29) is 12.4 Å². The molecule has 0 saturated carbocycles. The largest absolute Gasteiger partial charge is 0.374 e. The quantitative estimate of drug-likeness (QED) is 0.578. The van der Waals surface area contributed by atoms with Gasteiger partial charge in [0.25, 0.3) is 0 Å². The summed E-state index contributed by atoms with van der Waals surface area (Å²) >= 11 is 0. The van der Waals surface area contributed by atoms with Crippen LogP contribution in [0.4, 0.5) is 0 Å². The van der Waals surface area contributed by atoms with Gasteiger partial charge in [0.15, 0.2) is 5.78 Å². The molecule has 0 amide bonds. The first kappa shape index (κ1) is 12.4. The Labute approximate surface area is 95.4 Å². The summed E-state index contributed by atoms with van der Waals surface area (Å²) in [6, 6.07) is 0. The third-order valence-electron chi connectivity index (χ3n) is 2.04. The van der Waals surface area contributed by atoms with E-state index in [1.165, 1.54) is 0 Å². The van der Waals surface area contributed by atoms with Gasteiger partial charge in [0.05, 0.1) is 18.9 Å². The molecule has 0 aromatic carbocycles. The van der Waals surface area contributed by atoms with Crippen molar-refractivity contribution in [1.29, 1.82) is 0 Å². The number of Topliss-reactive ketones (excluding diaryl/α,β-unsaturated/α-hetero) is 1. The molecule has 0 atom stereocenters. The molecule has 0 aromatic rings. The highest BCUT2D eigenvalue weighted by Crippen LogP contribution is 1.99. The maximum absolute atomic E-state index is 11.4. The molecule has 0 unspecified atom stereocenters. The molecule has 1 aliphatic rings. The van der Waals surface area contributed by atoms with Crippen molar-refractivity contribution < 1.29 is 9.53 Å². The molecule has 0 spiro atoms. The standard InChI is InChI=1S/C12H16N2O2/c1-3-5-6-10(4-2)13-14-11-9-16-8-7-12(11)15/h3-6,13H,2,7-9H2,1H3/b5-3-,10-6+,14-11+. The molecule has 16 heavy (non-hydrogen) atoms. The molecule has 0 radical (unpaired) electrons. The molecule has 1 aliphatic heterocycles. The number of carbonyl (C=O) groups is 1. The van der Waals surface area contributed by atoms with Gasteiger partial charge in [-0.1, -0.05) is 18.7 Å². The average molecular weight is 220 g/mol. The first-order valence-corrected chi connectivity index (χ1v) is 5.17. The van der Waals surface area contributed by atoms with Gasteiger partial charge in [-0.25, -0.2) is 0 Å². The van der Waals surface area contributed by atoms with Crippen molar-refractivity contribution in [3.63, 3.8) is 0 Å². The van der Waals surface area contributed by atoms with Gasteiger partial charge in [0.1, 0.15) is 5.71 Å². The van der Waals surface area contributed by atoms with Crippen LogP contribution >= 0.6 is 0 Å². The van der Waals surface area contributed by atoms with E-state index >= 15 is 0 Å². The second-order valence-electron chi connectivity index (χ2n) is 3.25. The van der Waals surface area contributed by atoms with Crippen molar-refractivity contribution in [3.05, 3.63) is 36.6 Å². The summed E-state index contributed by atoms with van der Waals surface area (Å²) in [5, 5.41) is 4.01.